The fourth-order valence-electron chi connectivity index (χ4n) is 1.19. The molecule has 3 nitrogen and oxygen atoms in total. The Bertz CT molecular complexity index is 177. The van der Waals surface area contributed by atoms with Crippen molar-refractivity contribution < 1.29 is 9.90 Å². The van der Waals surface area contributed by atoms with Crippen LogP contribution in [0.25, 0.3) is 0 Å². The summed E-state index contributed by atoms with van der Waals surface area (Å²) in [4.78, 5) is 12.8. The van der Waals surface area contributed by atoms with Crippen molar-refractivity contribution >= 4 is 5.91 Å². The molecular formula is C8H13NO2. The number of likely N-dealkylation sites (tertiary alicyclic amines) is 1. The summed E-state index contributed by atoms with van der Waals surface area (Å²) in [5, 5.41) is 9.10. The Balaban J connectivity index is 2.43. The van der Waals surface area contributed by atoms with Gasteiger partial charge in [0.1, 0.15) is 0 Å². The molecule has 1 rings (SSSR count). The van der Waals surface area contributed by atoms with Gasteiger partial charge in [-0.25, -0.2) is 0 Å². The molecule has 1 N–H and O–H groups in total. The molecule has 3 heteroatoms. The number of aliphatic hydroxyl groups is 1. The molecule has 1 atom stereocenters. The van der Waals surface area contributed by atoms with Crippen LogP contribution in [0.2, 0.25) is 0 Å². The average Bonchev–Trinajstić information content (AvgIpc) is 2.36. The fraction of sp³-hybridized carbons (Fsp3) is 0.625. The molecule has 0 spiro atoms. The van der Waals surface area contributed by atoms with E-state index in [4.69, 9.17) is 5.11 Å². The molecule has 1 amide bonds. The van der Waals surface area contributed by atoms with Gasteiger partial charge in [0.25, 0.3) is 0 Å². The standard InChI is InChI=1S/C8H13NO2/c1-2-3-8(11)9-5-4-7(10)6-9/h2-3,7,10H,4-6H2,1H3/t7-/m1/s1. The Morgan fingerprint density at radius 3 is 2.91 bits per heavy atom. The molecule has 0 bridgehead atoms. The summed E-state index contributed by atoms with van der Waals surface area (Å²) in [6, 6.07) is 0. The molecule has 0 unspecified atom stereocenters. The maximum absolute atomic E-state index is 11.1. The van der Waals surface area contributed by atoms with Gasteiger partial charge in [0.15, 0.2) is 0 Å². The molecule has 1 aliphatic rings. The summed E-state index contributed by atoms with van der Waals surface area (Å²) in [7, 11) is 0. The molecule has 1 fully saturated rings. The van der Waals surface area contributed by atoms with Crippen molar-refractivity contribution in [3.8, 4) is 0 Å². The first-order valence-corrected chi connectivity index (χ1v) is 3.83. The quantitative estimate of drug-likeness (QED) is 0.548. The molecule has 11 heavy (non-hydrogen) atoms. The van der Waals surface area contributed by atoms with Crippen LogP contribution >= 0.6 is 0 Å². The van der Waals surface area contributed by atoms with Gasteiger partial charge >= 0.3 is 0 Å². The van der Waals surface area contributed by atoms with E-state index in [1.807, 2.05) is 6.92 Å². The lowest BCUT2D eigenvalue weighted by Crippen LogP contribution is -2.27. The van der Waals surface area contributed by atoms with E-state index in [0.29, 0.717) is 19.5 Å². The molecular weight excluding hydrogens is 142 g/mol. The number of rotatable bonds is 1. The van der Waals surface area contributed by atoms with Gasteiger partial charge in [-0.1, -0.05) is 6.08 Å². The highest BCUT2D eigenvalue weighted by Crippen LogP contribution is 2.08. The number of β-amino-alcohol motifs (C(OH)–C–C–N with tert-alkyl or cyclic N) is 1. The molecule has 0 aliphatic carbocycles. The number of carbonyl (C=O) groups is 1. The van der Waals surface area contributed by atoms with Gasteiger partial charge in [-0.15, -0.1) is 0 Å². The first-order valence-electron chi connectivity index (χ1n) is 3.83. The van der Waals surface area contributed by atoms with E-state index in [1.165, 1.54) is 6.08 Å². The molecule has 0 aromatic rings. The summed E-state index contributed by atoms with van der Waals surface area (Å²) in [6.07, 6.45) is 3.64. The smallest absolute Gasteiger partial charge is 0.246 e. The Labute approximate surface area is 66.3 Å². The van der Waals surface area contributed by atoms with E-state index >= 15 is 0 Å². The highest BCUT2D eigenvalue weighted by molar-refractivity contribution is 5.87. The summed E-state index contributed by atoms with van der Waals surface area (Å²) >= 11 is 0. The van der Waals surface area contributed by atoms with E-state index in [1.54, 1.807) is 11.0 Å². The third-order valence-corrected chi connectivity index (χ3v) is 1.78. The van der Waals surface area contributed by atoms with Crippen LogP contribution < -0.4 is 0 Å². The lowest BCUT2D eigenvalue weighted by molar-refractivity contribution is -0.125. The number of carbonyl (C=O) groups excluding carboxylic acids is 1. The molecule has 0 radical (unpaired) electrons. The minimum Gasteiger partial charge on any atom is -0.391 e. The predicted octanol–water partition coefficient (Wildman–Crippen LogP) is 0.156. The van der Waals surface area contributed by atoms with Crippen molar-refractivity contribution in [1.82, 2.24) is 4.90 Å². The highest BCUT2D eigenvalue weighted by atomic mass is 16.3. The van der Waals surface area contributed by atoms with E-state index in [2.05, 4.69) is 0 Å². The number of aliphatic hydroxyl groups excluding tert-OH is 1. The maximum atomic E-state index is 11.1. The summed E-state index contributed by atoms with van der Waals surface area (Å²) < 4.78 is 0. The molecule has 1 aliphatic heterocycles. The van der Waals surface area contributed by atoms with E-state index in [9.17, 15) is 4.79 Å². The van der Waals surface area contributed by atoms with Crippen LogP contribution in [-0.2, 0) is 4.79 Å². The van der Waals surface area contributed by atoms with Gasteiger partial charge in [0.2, 0.25) is 5.91 Å². The topological polar surface area (TPSA) is 40.5 Å². The van der Waals surface area contributed by atoms with E-state index < -0.39 is 0 Å². The van der Waals surface area contributed by atoms with Gasteiger partial charge in [-0.05, 0) is 19.4 Å². The number of hydrogen-bond donors (Lipinski definition) is 1. The minimum absolute atomic E-state index is 0.00375. The average molecular weight is 155 g/mol. The third kappa shape index (κ3) is 2.05. The van der Waals surface area contributed by atoms with Crippen molar-refractivity contribution in [2.45, 2.75) is 19.4 Å². The number of hydrogen-bond acceptors (Lipinski definition) is 2. The molecule has 0 saturated carbocycles. The number of nitrogens with zero attached hydrogens (tertiary/aromatic N) is 1. The van der Waals surface area contributed by atoms with Gasteiger partial charge in [0.05, 0.1) is 6.10 Å². The molecule has 0 aromatic heterocycles. The monoisotopic (exact) mass is 155 g/mol. The first kappa shape index (κ1) is 8.27. The zero-order valence-corrected chi connectivity index (χ0v) is 6.66. The Morgan fingerprint density at radius 1 is 1.73 bits per heavy atom. The second-order valence-electron chi connectivity index (χ2n) is 2.73. The lowest BCUT2D eigenvalue weighted by atomic mass is 10.3. The Morgan fingerprint density at radius 2 is 2.45 bits per heavy atom. The Hall–Kier alpha value is -0.830. The predicted molar refractivity (Wildman–Crippen MR) is 42.0 cm³/mol. The SMILES string of the molecule is CC=CC(=O)N1CC[C@@H](O)C1. The van der Waals surface area contributed by atoms with Crippen LogP contribution in [0.1, 0.15) is 13.3 Å². The number of allylic oxidation sites excluding steroid dienone is 1. The molecule has 62 valence electrons. The van der Waals surface area contributed by atoms with Crippen LogP contribution in [0.5, 0.6) is 0 Å². The zero-order valence-electron chi connectivity index (χ0n) is 6.66. The summed E-state index contributed by atoms with van der Waals surface area (Å²) in [5.41, 5.74) is 0. The third-order valence-electron chi connectivity index (χ3n) is 1.78. The molecule has 1 saturated heterocycles. The second-order valence-corrected chi connectivity index (χ2v) is 2.73. The van der Waals surface area contributed by atoms with Gasteiger partial charge in [-0.2, -0.15) is 0 Å². The van der Waals surface area contributed by atoms with E-state index in [0.717, 1.165) is 0 Å². The van der Waals surface area contributed by atoms with Crippen LogP contribution in [0.15, 0.2) is 12.2 Å². The maximum Gasteiger partial charge on any atom is 0.246 e. The summed E-state index contributed by atoms with van der Waals surface area (Å²) in [5.74, 6) is 0.00375. The fourth-order valence-corrected chi connectivity index (χ4v) is 1.19. The molecule has 1 heterocycles. The van der Waals surface area contributed by atoms with Crippen LogP contribution in [0, 0.1) is 0 Å². The highest BCUT2D eigenvalue weighted by Gasteiger charge is 2.22. The van der Waals surface area contributed by atoms with Crippen molar-refractivity contribution in [1.29, 1.82) is 0 Å². The second kappa shape index (κ2) is 3.53. The lowest BCUT2D eigenvalue weighted by Gasteiger charge is -2.11. The van der Waals surface area contributed by atoms with Gasteiger partial charge in [-0.3, -0.25) is 4.79 Å². The normalized spacial score (nSPS) is 24.9. The van der Waals surface area contributed by atoms with Crippen LogP contribution in [0.4, 0.5) is 0 Å². The van der Waals surface area contributed by atoms with Crippen LogP contribution in [0.3, 0.4) is 0 Å². The van der Waals surface area contributed by atoms with Crippen LogP contribution in [-0.4, -0.2) is 35.1 Å². The Kier molecular flexibility index (Phi) is 2.65. The van der Waals surface area contributed by atoms with Gasteiger partial charge in [0, 0.05) is 13.1 Å². The minimum atomic E-state index is -0.316. The number of amides is 1. The first-order chi connectivity index (χ1) is 5.24. The van der Waals surface area contributed by atoms with Gasteiger partial charge < -0.3 is 10.0 Å². The van der Waals surface area contributed by atoms with Crippen molar-refractivity contribution in [3.05, 3.63) is 12.2 Å². The van der Waals surface area contributed by atoms with Crippen molar-refractivity contribution in [2.75, 3.05) is 13.1 Å². The van der Waals surface area contributed by atoms with Crippen molar-refractivity contribution in [2.24, 2.45) is 0 Å². The largest absolute Gasteiger partial charge is 0.391 e. The van der Waals surface area contributed by atoms with E-state index in [-0.39, 0.29) is 12.0 Å². The van der Waals surface area contributed by atoms with Crippen molar-refractivity contribution in [3.63, 3.8) is 0 Å². The zero-order chi connectivity index (χ0) is 8.27. The molecule has 0 aromatic carbocycles. The summed E-state index contributed by atoms with van der Waals surface area (Å²) in [6.45, 7) is 2.98.